The van der Waals surface area contributed by atoms with Crippen molar-refractivity contribution in [2.75, 3.05) is 26.2 Å². The van der Waals surface area contributed by atoms with Crippen molar-refractivity contribution >= 4 is 11.8 Å². The Balaban J connectivity index is 1.20. The third kappa shape index (κ3) is 3.19. The Morgan fingerprint density at radius 1 is 1.40 bits per heavy atom. The highest BCUT2D eigenvalue weighted by Crippen LogP contribution is 2.43. The number of carbonyl (C=O) groups excluding carboxylic acids is 2. The minimum Gasteiger partial charge on any atom is -0.371 e. The van der Waals surface area contributed by atoms with E-state index in [4.69, 9.17) is 4.74 Å². The van der Waals surface area contributed by atoms with Crippen LogP contribution < -0.4 is 5.32 Å². The normalized spacial score (nSPS) is 30.0. The third-order valence-corrected chi connectivity index (χ3v) is 6.06. The number of ether oxygens (including phenoxy) is 1. The molecule has 0 unspecified atom stereocenters. The number of hydrogen-bond donors (Lipinski definition) is 1. The smallest absolute Gasteiger partial charge is 0.267 e. The molecule has 3 aliphatic rings. The monoisotopic (exact) mass is 345 g/mol. The molecule has 6 nitrogen and oxygen atoms in total. The van der Waals surface area contributed by atoms with Crippen LogP contribution in [0.5, 0.6) is 0 Å². The van der Waals surface area contributed by atoms with Crippen molar-refractivity contribution in [3.63, 3.8) is 0 Å². The second-order valence-electron chi connectivity index (χ2n) is 8.13. The van der Waals surface area contributed by atoms with Crippen molar-refractivity contribution in [3.05, 3.63) is 24.0 Å². The lowest BCUT2D eigenvalue weighted by atomic mass is 9.82. The summed E-state index contributed by atoms with van der Waals surface area (Å²) in [6.45, 7) is 4.94. The highest BCUT2D eigenvalue weighted by molar-refractivity contribution is 5.92. The maximum Gasteiger partial charge on any atom is 0.267 e. The molecule has 2 amide bonds. The molecule has 1 aliphatic carbocycles. The molecule has 3 atom stereocenters. The van der Waals surface area contributed by atoms with Crippen molar-refractivity contribution in [1.29, 1.82) is 0 Å². The fraction of sp³-hybridized carbons (Fsp3) is 0.684. The summed E-state index contributed by atoms with van der Waals surface area (Å²) in [6.07, 6.45) is 4.93. The first-order valence-corrected chi connectivity index (χ1v) is 9.30. The van der Waals surface area contributed by atoms with E-state index in [0.717, 1.165) is 32.4 Å². The van der Waals surface area contributed by atoms with Crippen LogP contribution in [-0.2, 0) is 16.6 Å². The standard InChI is InChI=1S/C19H27N3O3/c1-13-8-15(13)18(24)22-11-19(12-22)6-5-14(10-25-19)9-20-17(23)16-4-3-7-21(16)2/h3-4,7,13-15H,5-6,8-12H2,1-2H3,(H,20,23)/t13-,14+,15-/m1/s1. The van der Waals surface area contributed by atoms with E-state index in [9.17, 15) is 9.59 Å². The van der Waals surface area contributed by atoms with Gasteiger partial charge in [0, 0.05) is 25.7 Å². The van der Waals surface area contributed by atoms with Crippen molar-refractivity contribution in [2.45, 2.75) is 31.8 Å². The van der Waals surface area contributed by atoms with E-state index in [1.165, 1.54) is 0 Å². The first-order valence-electron chi connectivity index (χ1n) is 9.30. The lowest BCUT2D eigenvalue weighted by molar-refractivity contribution is -0.189. The fourth-order valence-corrected chi connectivity index (χ4v) is 4.06. The quantitative estimate of drug-likeness (QED) is 0.898. The minimum absolute atomic E-state index is 0.0354. The van der Waals surface area contributed by atoms with E-state index in [1.54, 1.807) is 0 Å². The summed E-state index contributed by atoms with van der Waals surface area (Å²) in [4.78, 5) is 26.4. The average molecular weight is 345 g/mol. The van der Waals surface area contributed by atoms with Crippen LogP contribution in [0.3, 0.4) is 0 Å². The zero-order chi connectivity index (χ0) is 17.6. The maximum atomic E-state index is 12.2. The first-order chi connectivity index (χ1) is 12.0. The van der Waals surface area contributed by atoms with Gasteiger partial charge in [0.2, 0.25) is 5.91 Å². The van der Waals surface area contributed by atoms with Crippen molar-refractivity contribution < 1.29 is 14.3 Å². The van der Waals surface area contributed by atoms with Crippen LogP contribution in [0.4, 0.5) is 0 Å². The predicted molar refractivity (Wildman–Crippen MR) is 93.0 cm³/mol. The number of amides is 2. The number of likely N-dealkylation sites (tertiary alicyclic amines) is 1. The van der Waals surface area contributed by atoms with Crippen LogP contribution >= 0.6 is 0 Å². The zero-order valence-corrected chi connectivity index (χ0v) is 15.0. The predicted octanol–water partition coefficient (Wildman–Crippen LogP) is 1.42. The Kier molecular flexibility index (Phi) is 4.10. The van der Waals surface area contributed by atoms with Crippen LogP contribution in [0, 0.1) is 17.8 Å². The van der Waals surface area contributed by atoms with Gasteiger partial charge in [-0.05, 0) is 43.2 Å². The number of aromatic nitrogens is 1. The number of nitrogens with one attached hydrogen (secondary N) is 1. The van der Waals surface area contributed by atoms with Gasteiger partial charge in [-0.1, -0.05) is 6.92 Å². The molecule has 1 saturated carbocycles. The van der Waals surface area contributed by atoms with Gasteiger partial charge >= 0.3 is 0 Å². The van der Waals surface area contributed by atoms with Gasteiger partial charge in [0.1, 0.15) is 11.3 Å². The molecular formula is C19H27N3O3. The Labute approximate surface area is 148 Å². The molecule has 3 heterocycles. The van der Waals surface area contributed by atoms with Crippen molar-refractivity contribution in [3.8, 4) is 0 Å². The minimum atomic E-state index is -0.119. The second-order valence-corrected chi connectivity index (χ2v) is 8.13. The molecule has 1 aromatic heterocycles. The van der Waals surface area contributed by atoms with Gasteiger partial charge in [-0.25, -0.2) is 0 Å². The number of aryl methyl sites for hydroxylation is 1. The Morgan fingerprint density at radius 3 is 2.72 bits per heavy atom. The van der Waals surface area contributed by atoms with Gasteiger partial charge in [0.15, 0.2) is 0 Å². The summed E-state index contributed by atoms with van der Waals surface area (Å²) < 4.78 is 7.94. The summed E-state index contributed by atoms with van der Waals surface area (Å²) in [5.74, 6) is 1.46. The van der Waals surface area contributed by atoms with Gasteiger partial charge in [-0.15, -0.1) is 0 Å². The number of nitrogens with zero attached hydrogens (tertiary/aromatic N) is 2. The summed E-state index contributed by atoms with van der Waals surface area (Å²) >= 11 is 0. The highest BCUT2D eigenvalue weighted by Gasteiger charge is 2.52. The lowest BCUT2D eigenvalue weighted by Gasteiger charge is -2.53. The third-order valence-electron chi connectivity index (χ3n) is 6.06. The lowest BCUT2D eigenvalue weighted by Crippen LogP contribution is -2.66. The van der Waals surface area contributed by atoms with Crippen LogP contribution in [-0.4, -0.2) is 53.1 Å². The molecule has 2 aliphatic heterocycles. The van der Waals surface area contributed by atoms with Gasteiger partial charge in [-0.3, -0.25) is 9.59 Å². The van der Waals surface area contributed by atoms with Crippen LogP contribution in [0.15, 0.2) is 18.3 Å². The van der Waals surface area contributed by atoms with Crippen LogP contribution in [0.25, 0.3) is 0 Å². The van der Waals surface area contributed by atoms with Gasteiger partial charge < -0.3 is 19.5 Å². The molecule has 136 valence electrons. The SMILES string of the molecule is C[C@@H]1C[C@H]1C(=O)N1CC2(CC[C@@H](CNC(=O)c3cccn3C)CO2)C1. The van der Waals surface area contributed by atoms with Gasteiger partial charge in [0.05, 0.1) is 19.7 Å². The Hall–Kier alpha value is -1.82. The summed E-state index contributed by atoms with van der Waals surface area (Å²) in [5.41, 5.74) is 0.558. The van der Waals surface area contributed by atoms with Crippen molar-refractivity contribution in [2.24, 2.45) is 24.8 Å². The molecule has 2 saturated heterocycles. The molecule has 1 N–H and O–H groups in total. The largest absolute Gasteiger partial charge is 0.371 e. The zero-order valence-electron chi connectivity index (χ0n) is 15.0. The second kappa shape index (κ2) is 6.16. The van der Waals surface area contributed by atoms with E-state index in [2.05, 4.69) is 12.2 Å². The summed E-state index contributed by atoms with van der Waals surface area (Å²) in [7, 11) is 1.87. The average Bonchev–Trinajstić information content (AvgIpc) is 3.15. The van der Waals surface area contributed by atoms with Crippen LogP contribution in [0.2, 0.25) is 0 Å². The van der Waals surface area contributed by atoms with E-state index in [0.29, 0.717) is 36.6 Å². The molecule has 0 aromatic carbocycles. The number of rotatable bonds is 4. The number of hydrogen-bond acceptors (Lipinski definition) is 3. The maximum absolute atomic E-state index is 12.2. The van der Waals surface area contributed by atoms with E-state index < -0.39 is 0 Å². The van der Waals surface area contributed by atoms with Gasteiger partial charge in [-0.2, -0.15) is 0 Å². The van der Waals surface area contributed by atoms with E-state index >= 15 is 0 Å². The number of carbonyl (C=O) groups is 2. The van der Waals surface area contributed by atoms with E-state index in [1.807, 2.05) is 34.8 Å². The molecule has 0 bridgehead atoms. The first kappa shape index (κ1) is 16.6. The molecule has 0 radical (unpaired) electrons. The molecule has 6 heteroatoms. The molecule has 1 aromatic rings. The molecule has 3 fully saturated rings. The Morgan fingerprint density at radius 2 is 2.16 bits per heavy atom. The van der Waals surface area contributed by atoms with Gasteiger partial charge in [0.25, 0.3) is 5.91 Å². The molecular weight excluding hydrogens is 318 g/mol. The Bertz CT molecular complexity index is 667. The van der Waals surface area contributed by atoms with E-state index in [-0.39, 0.29) is 17.4 Å². The molecule has 4 rings (SSSR count). The summed E-state index contributed by atoms with van der Waals surface area (Å²) in [5, 5.41) is 3.01. The van der Waals surface area contributed by atoms with Crippen molar-refractivity contribution in [1.82, 2.24) is 14.8 Å². The highest BCUT2D eigenvalue weighted by atomic mass is 16.5. The summed E-state index contributed by atoms with van der Waals surface area (Å²) in [6, 6.07) is 3.69. The molecule has 25 heavy (non-hydrogen) atoms. The fourth-order valence-electron chi connectivity index (χ4n) is 4.06. The van der Waals surface area contributed by atoms with Crippen LogP contribution in [0.1, 0.15) is 36.7 Å². The topological polar surface area (TPSA) is 63.6 Å². The molecule has 1 spiro atoms.